The van der Waals surface area contributed by atoms with Crippen LogP contribution in [0.1, 0.15) is 5.56 Å². The molecule has 7 heteroatoms. The van der Waals surface area contributed by atoms with Gasteiger partial charge >= 0.3 is 0 Å². The van der Waals surface area contributed by atoms with Gasteiger partial charge in [-0.15, -0.1) is 0 Å². The van der Waals surface area contributed by atoms with E-state index in [0.717, 1.165) is 54.7 Å². The zero-order valence-electron chi connectivity index (χ0n) is 15.7. The molecule has 6 nitrogen and oxygen atoms in total. The van der Waals surface area contributed by atoms with Gasteiger partial charge < -0.3 is 20.3 Å². The van der Waals surface area contributed by atoms with Crippen molar-refractivity contribution in [1.82, 2.24) is 9.97 Å². The molecule has 2 N–H and O–H groups in total. The number of hydrogen-bond donors (Lipinski definition) is 2. The lowest BCUT2D eigenvalue weighted by molar-refractivity contribution is 0.123. The second kappa shape index (κ2) is 8.46. The van der Waals surface area contributed by atoms with Crippen LogP contribution in [0.25, 0.3) is 0 Å². The van der Waals surface area contributed by atoms with Gasteiger partial charge in [-0.1, -0.05) is 29.8 Å². The predicted octanol–water partition coefficient (Wildman–Crippen LogP) is 4.76. The van der Waals surface area contributed by atoms with E-state index in [0.29, 0.717) is 11.0 Å². The number of hydrogen-bond acceptors (Lipinski definition) is 6. The molecular formula is C21H22ClN5O. The first kappa shape index (κ1) is 18.5. The quantitative estimate of drug-likeness (QED) is 0.649. The fraction of sp³-hybridized carbons (Fsp3) is 0.238. The van der Waals surface area contributed by atoms with Gasteiger partial charge in [-0.2, -0.15) is 4.98 Å². The minimum atomic E-state index is 0.508. The molecule has 0 unspecified atom stereocenters. The molecule has 1 aromatic heterocycles. The van der Waals surface area contributed by atoms with Crippen LogP contribution in [0.5, 0.6) is 0 Å². The normalized spacial score (nSPS) is 14.0. The van der Waals surface area contributed by atoms with Crippen molar-refractivity contribution in [3.05, 3.63) is 65.3 Å². The van der Waals surface area contributed by atoms with Crippen molar-refractivity contribution in [2.45, 2.75) is 6.92 Å². The monoisotopic (exact) mass is 395 g/mol. The molecule has 0 spiro atoms. The Labute approximate surface area is 169 Å². The third kappa shape index (κ3) is 4.35. The van der Waals surface area contributed by atoms with Gasteiger partial charge in [0, 0.05) is 30.0 Å². The van der Waals surface area contributed by atoms with Crippen molar-refractivity contribution >= 4 is 40.4 Å². The molecule has 1 fully saturated rings. The minimum absolute atomic E-state index is 0.508. The SMILES string of the molecule is Cc1ccc(Nc2nccc(Nc3ccccc3N3CCOCC3)n2)cc1Cl. The Morgan fingerprint density at radius 3 is 2.68 bits per heavy atom. The molecule has 1 aliphatic heterocycles. The van der Waals surface area contributed by atoms with E-state index in [-0.39, 0.29) is 0 Å². The Hall–Kier alpha value is -2.83. The second-order valence-corrected chi connectivity index (χ2v) is 7.00. The highest BCUT2D eigenvalue weighted by atomic mass is 35.5. The number of aromatic nitrogens is 2. The molecule has 2 aromatic carbocycles. The van der Waals surface area contributed by atoms with E-state index >= 15 is 0 Å². The van der Waals surface area contributed by atoms with Gasteiger partial charge in [-0.05, 0) is 42.8 Å². The highest BCUT2D eigenvalue weighted by Gasteiger charge is 2.15. The van der Waals surface area contributed by atoms with E-state index in [1.54, 1.807) is 6.20 Å². The largest absolute Gasteiger partial charge is 0.378 e. The molecule has 2 heterocycles. The van der Waals surface area contributed by atoms with E-state index in [1.165, 1.54) is 0 Å². The average Bonchev–Trinajstić information content (AvgIpc) is 2.72. The van der Waals surface area contributed by atoms with E-state index in [4.69, 9.17) is 16.3 Å². The maximum atomic E-state index is 6.20. The van der Waals surface area contributed by atoms with E-state index in [2.05, 4.69) is 37.6 Å². The first-order valence-corrected chi connectivity index (χ1v) is 9.62. The molecule has 0 saturated carbocycles. The Morgan fingerprint density at radius 1 is 1.04 bits per heavy atom. The predicted molar refractivity (Wildman–Crippen MR) is 114 cm³/mol. The summed E-state index contributed by atoms with van der Waals surface area (Å²) in [5, 5.41) is 7.33. The number of ether oxygens (including phenoxy) is 1. The van der Waals surface area contributed by atoms with Gasteiger partial charge in [0.15, 0.2) is 0 Å². The molecule has 0 bridgehead atoms. The molecule has 0 amide bonds. The van der Waals surface area contributed by atoms with Gasteiger partial charge in [0.1, 0.15) is 5.82 Å². The van der Waals surface area contributed by atoms with Crippen molar-refractivity contribution in [2.24, 2.45) is 0 Å². The first-order valence-electron chi connectivity index (χ1n) is 9.24. The highest BCUT2D eigenvalue weighted by Crippen LogP contribution is 2.29. The molecule has 1 aliphatic rings. The van der Waals surface area contributed by atoms with Crippen molar-refractivity contribution in [1.29, 1.82) is 0 Å². The Bertz CT molecular complexity index is 959. The Morgan fingerprint density at radius 2 is 1.86 bits per heavy atom. The summed E-state index contributed by atoms with van der Waals surface area (Å²) in [6.45, 7) is 5.22. The van der Waals surface area contributed by atoms with Crippen molar-refractivity contribution in [3.8, 4) is 0 Å². The number of morpholine rings is 1. The number of halogens is 1. The molecule has 0 aliphatic carbocycles. The van der Waals surface area contributed by atoms with Crippen LogP contribution in [0, 0.1) is 6.92 Å². The average molecular weight is 396 g/mol. The van der Waals surface area contributed by atoms with Crippen LogP contribution < -0.4 is 15.5 Å². The summed E-state index contributed by atoms with van der Waals surface area (Å²) in [5.74, 6) is 1.23. The summed E-state index contributed by atoms with van der Waals surface area (Å²) >= 11 is 6.20. The molecule has 144 valence electrons. The third-order valence-electron chi connectivity index (χ3n) is 4.60. The molecular weight excluding hydrogens is 374 g/mol. The fourth-order valence-corrected chi connectivity index (χ4v) is 3.27. The lowest BCUT2D eigenvalue weighted by Crippen LogP contribution is -2.36. The summed E-state index contributed by atoms with van der Waals surface area (Å²) in [6.07, 6.45) is 1.73. The summed E-state index contributed by atoms with van der Waals surface area (Å²) < 4.78 is 5.47. The number of nitrogens with one attached hydrogen (secondary N) is 2. The van der Waals surface area contributed by atoms with Gasteiger partial charge in [0.25, 0.3) is 0 Å². The van der Waals surface area contributed by atoms with E-state index in [1.807, 2.05) is 43.3 Å². The van der Waals surface area contributed by atoms with E-state index in [9.17, 15) is 0 Å². The third-order valence-corrected chi connectivity index (χ3v) is 5.01. The maximum Gasteiger partial charge on any atom is 0.229 e. The maximum absolute atomic E-state index is 6.20. The topological polar surface area (TPSA) is 62.3 Å². The highest BCUT2D eigenvalue weighted by molar-refractivity contribution is 6.31. The molecule has 4 rings (SSSR count). The van der Waals surface area contributed by atoms with Crippen LogP contribution >= 0.6 is 11.6 Å². The van der Waals surface area contributed by atoms with Crippen LogP contribution in [-0.2, 0) is 4.74 Å². The molecule has 0 radical (unpaired) electrons. The number of rotatable bonds is 5. The van der Waals surface area contributed by atoms with Crippen LogP contribution in [0.4, 0.5) is 28.8 Å². The van der Waals surface area contributed by atoms with E-state index < -0.39 is 0 Å². The standard InChI is InChI=1S/C21H22ClN5O/c1-15-6-7-16(14-17(15)22)24-21-23-9-8-20(26-21)25-18-4-2-3-5-19(18)27-10-12-28-13-11-27/h2-9,14H,10-13H2,1H3,(H2,23,24,25,26). The molecule has 3 aromatic rings. The molecule has 28 heavy (non-hydrogen) atoms. The molecule has 0 atom stereocenters. The zero-order valence-corrected chi connectivity index (χ0v) is 16.4. The number of benzene rings is 2. The van der Waals surface area contributed by atoms with Gasteiger partial charge in [-0.25, -0.2) is 4.98 Å². The molecule has 1 saturated heterocycles. The zero-order chi connectivity index (χ0) is 19.3. The minimum Gasteiger partial charge on any atom is -0.378 e. The number of nitrogens with zero attached hydrogens (tertiary/aromatic N) is 3. The Balaban J connectivity index is 1.53. The van der Waals surface area contributed by atoms with Crippen LogP contribution in [0.2, 0.25) is 5.02 Å². The van der Waals surface area contributed by atoms with Crippen LogP contribution in [0.15, 0.2) is 54.7 Å². The van der Waals surface area contributed by atoms with Crippen LogP contribution in [0.3, 0.4) is 0 Å². The van der Waals surface area contributed by atoms with Crippen molar-refractivity contribution < 1.29 is 4.74 Å². The lowest BCUT2D eigenvalue weighted by Gasteiger charge is -2.30. The smallest absolute Gasteiger partial charge is 0.229 e. The second-order valence-electron chi connectivity index (χ2n) is 6.60. The fourth-order valence-electron chi connectivity index (χ4n) is 3.09. The van der Waals surface area contributed by atoms with Gasteiger partial charge in [0.2, 0.25) is 5.95 Å². The van der Waals surface area contributed by atoms with Crippen molar-refractivity contribution in [3.63, 3.8) is 0 Å². The van der Waals surface area contributed by atoms with Gasteiger partial charge in [0.05, 0.1) is 24.6 Å². The van der Waals surface area contributed by atoms with Crippen LogP contribution in [-0.4, -0.2) is 36.3 Å². The van der Waals surface area contributed by atoms with Gasteiger partial charge in [-0.3, -0.25) is 0 Å². The Kier molecular flexibility index (Phi) is 5.60. The summed E-state index contributed by atoms with van der Waals surface area (Å²) in [6, 6.07) is 15.9. The number of anilines is 5. The van der Waals surface area contributed by atoms with Crippen molar-refractivity contribution in [2.75, 3.05) is 41.8 Å². The summed E-state index contributed by atoms with van der Waals surface area (Å²) in [4.78, 5) is 11.2. The summed E-state index contributed by atoms with van der Waals surface area (Å²) in [5.41, 5.74) is 4.03. The lowest BCUT2D eigenvalue weighted by atomic mass is 10.2. The first-order chi connectivity index (χ1) is 13.7. The number of aryl methyl sites for hydroxylation is 1. The number of para-hydroxylation sites is 2. The summed E-state index contributed by atoms with van der Waals surface area (Å²) in [7, 11) is 0.